The molecule has 0 heterocycles. The van der Waals surface area contributed by atoms with Crippen LogP contribution in [0.2, 0.25) is 0 Å². The summed E-state index contributed by atoms with van der Waals surface area (Å²) in [5.41, 5.74) is 1.18. The average Bonchev–Trinajstić information content (AvgIpc) is 2.91. The van der Waals surface area contributed by atoms with Crippen LogP contribution in [0.25, 0.3) is 0 Å². The van der Waals surface area contributed by atoms with Crippen LogP contribution in [0.4, 0.5) is 0 Å². The molecule has 0 radical (unpaired) electrons. The lowest BCUT2D eigenvalue weighted by Gasteiger charge is -2.08. The highest BCUT2D eigenvalue weighted by Gasteiger charge is 2.14. The van der Waals surface area contributed by atoms with Gasteiger partial charge in [0.1, 0.15) is 11.5 Å². The van der Waals surface area contributed by atoms with E-state index < -0.39 is 23.9 Å². The smallest absolute Gasteiger partial charge is 0.343 e. The van der Waals surface area contributed by atoms with Crippen molar-refractivity contribution in [2.45, 2.75) is 26.7 Å². The fraction of sp³-hybridized carbons (Fsp3) is 0.214. The number of carbonyl (C=O) groups is 4. The summed E-state index contributed by atoms with van der Waals surface area (Å²) in [7, 11) is 0. The minimum Gasteiger partial charge on any atom is -0.462 e. The van der Waals surface area contributed by atoms with Gasteiger partial charge >= 0.3 is 23.9 Å². The fourth-order valence-electron chi connectivity index (χ4n) is 2.95. The number of ether oxygens (including phenoxy) is 4. The standard InChI is InChI=1S/C28H26O8/c1-3-17-33-25(29)19-9-13-23(14-10-19)35-27(31)21-5-7-22(8-6-21)28(32)36-24-15-11-20(12-16-24)26(30)34-18-4-2/h5-16H,3-4,17-18H2,1-2H3. The molecule has 0 bridgehead atoms. The zero-order valence-electron chi connectivity index (χ0n) is 20.0. The van der Waals surface area contributed by atoms with Crippen molar-refractivity contribution >= 4 is 23.9 Å². The fourth-order valence-corrected chi connectivity index (χ4v) is 2.95. The normalized spacial score (nSPS) is 10.3. The maximum Gasteiger partial charge on any atom is 0.343 e. The predicted molar refractivity (Wildman–Crippen MR) is 130 cm³/mol. The molecule has 0 amide bonds. The molecule has 3 aromatic carbocycles. The van der Waals surface area contributed by atoms with Crippen LogP contribution in [0.5, 0.6) is 11.5 Å². The first-order chi connectivity index (χ1) is 17.4. The molecule has 186 valence electrons. The van der Waals surface area contributed by atoms with Gasteiger partial charge in [-0.05, 0) is 85.6 Å². The summed E-state index contributed by atoms with van der Waals surface area (Å²) in [6, 6.07) is 17.8. The van der Waals surface area contributed by atoms with E-state index in [1.165, 1.54) is 72.8 Å². The summed E-state index contributed by atoms with van der Waals surface area (Å²) in [6.07, 6.45) is 1.45. The van der Waals surface area contributed by atoms with Crippen LogP contribution in [0, 0.1) is 0 Å². The third kappa shape index (κ3) is 7.27. The number of hydrogen-bond donors (Lipinski definition) is 0. The molecular formula is C28H26O8. The zero-order chi connectivity index (χ0) is 25.9. The second-order valence-electron chi connectivity index (χ2n) is 7.68. The SMILES string of the molecule is CCCOC(=O)c1ccc(OC(=O)c2ccc(C(=O)Oc3ccc(C(=O)OCCC)cc3)cc2)cc1. The van der Waals surface area contributed by atoms with Crippen molar-refractivity contribution in [2.75, 3.05) is 13.2 Å². The quantitative estimate of drug-likeness (QED) is 0.280. The van der Waals surface area contributed by atoms with Gasteiger partial charge in [0.15, 0.2) is 0 Å². The Bertz CT molecular complexity index is 1100. The summed E-state index contributed by atoms with van der Waals surface area (Å²) in [5, 5.41) is 0. The molecule has 0 aromatic heterocycles. The molecular weight excluding hydrogens is 464 g/mol. The van der Waals surface area contributed by atoms with E-state index in [1.54, 1.807) is 0 Å². The van der Waals surface area contributed by atoms with Crippen molar-refractivity contribution in [3.05, 3.63) is 95.1 Å². The maximum atomic E-state index is 12.4. The average molecular weight is 491 g/mol. The van der Waals surface area contributed by atoms with Crippen LogP contribution in [0.15, 0.2) is 72.8 Å². The Hall–Kier alpha value is -4.46. The molecule has 0 fully saturated rings. The Morgan fingerprint density at radius 3 is 1.06 bits per heavy atom. The van der Waals surface area contributed by atoms with Gasteiger partial charge in [-0.15, -0.1) is 0 Å². The Balaban J connectivity index is 1.55. The Morgan fingerprint density at radius 1 is 0.472 bits per heavy atom. The lowest BCUT2D eigenvalue weighted by molar-refractivity contribution is 0.0496. The molecule has 0 saturated carbocycles. The first-order valence-electron chi connectivity index (χ1n) is 11.5. The largest absolute Gasteiger partial charge is 0.462 e. The molecule has 0 aliphatic carbocycles. The molecule has 0 aliphatic heterocycles. The van der Waals surface area contributed by atoms with Crippen molar-refractivity contribution in [1.29, 1.82) is 0 Å². The second kappa shape index (κ2) is 12.9. The lowest BCUT2D eigenvalue weighted by atomic mass is 10.1. The van der Waals surface area contributed by atoms with Crippen molar-refractivity contribution < 1.29 is 38.1 Å². The Morgan fingerprint density at radius 2 is 0.750 bits per heavy atom. The van der Waals surface area contributed by atoms with Gasteiger partial charge in [0.2, 0.25) is 0 Å². The van der Waals surface area contributed by atoms with Crippen molar-refractivity contribution in [3.63, 3.8) is 0 Å². The maximum absolute atomic E-state index is 12.4. The Labute approximate surface area is 208 Å². The van der Waals surface area contributed by atoms with E-state index in [0.29, 0.717) is 24.3 Å². The van der Waals surface area contributed by atoms with Crippen molar-refractivity contribution in [3.8, 4) is 11.5 Å². The van der Waals surface area contributed by atoms with Crippen LogP contribution in [-0.4, -0.2) is 37.1 Å². The van der Waals surface area contributed by atoms with Gasteiger partial charge in [0, 0.05) is 0 Å². The van der Waals surface area contributed by atoms with Crippen LogP contribution in [0.3, 0.4) is 0 Å². The molecule has 0 spiro atoms. The molecule has 3 rings (SSSR count). The summed E-state index contributed by atoms with van der Waals surface area (Å²) in [6.45, 7) is 4.47. The molecule has 8 nitrogen and oxygen atoms in total. The van der Waals surface area contributed by atoms with Gasteiger partial charge in [-0.2, -0.15) is 0 Å². The van der Waals surface area contributed by atoms with Gasteiger partial charge in [0.25, 0.3) is 0 Å². The summed E-state index contributed by atoms with van der Waals surface area (Å²) in [5.74, 6) is -1.61. The number of esters is 4. The van der Waals surface area contributed by atoms with Gasteiger partial charge in [-0.3, -0.25) is 0 Å². The predicted octanol–water partition coefficient (Wildman–Crippen LogP) is 5.26. The van der Waals surface area contributed by atoms with Crippen molar-refractivity contribution in [1.82, 2.24) is 0 Å². The van der Waals surface area contributed by atoms with Crippen LogP contribution < -0.4 is 9.47 Å². The minimum atomic E-state index is -0.623. The number of carbonyl (C=O) groups excluding carboxylic acids is 4. The molecule has 0 saturated heterocycles. The second-order valence-corrected chi connectivity index (χ2v) is 7.68. The molecule has 0 unspecified atom stereocenters. The first-order valence-corrected chi connectivity index (χ1v) is 11.5. The van der Waals surface area contributed by atoms with Crippen LogP contribution >= 0.6 is 0 Å². The van der Waals surface area contributed by atoms with E-state index in [-0.39, 0.29) is 22.6 Å². The molecule has 0 N–H and O–H groups in total. The topological polar surface area (TPSA) is 105 Å². The third-order valence-corrected chi connectivity index (χ3v) is 4.83. The summed E-state index contributed by atoms with van der Waals surface area (Å²) in [4.78, 5) is 48.6. The zero-order valence-corrected chi connectivity index (χ0v) is 20.0. The van der Waals surface area contributed by atoms with Crippen LogP contribution in [-0.2, 0) is 9.47 Å². The van der Waals surface area contributed by atoms with Gasteiger partial charge in [-0.1, -0.05) is 13.8 Å². The van der Waals surface area contributed by atoms with Gasteiger partial charge < -0.3 is 18.9 Å². The summed E-state index contributed by atoms with van der Waals surface area (Å²) >= 11 is 0. The van der Waals surface area contributed by atoms with Crippen molar-refractivity contribution in [2.24, 2.45) is 0 Å². The molecule has 0 atom stereocenters. The number of benzene rings is 3. The number of hydrogen-bond acceptors (Lipinski definition) is 8. The molecule has 8 heteroatoms. The highest BCUT2D eigenvalue weighted by Crippen LogP contribution is 2.18. The van der Waals surface area contributed by atoms with E-state index in [4.69, 9.17) is 18.9 Å². The highest BCUT2D eigenvalue weighted by atomic mass is 16.5. The molecule has 36 heavy (non-hydrogen) atoms. The van der Waals surface area contributed by atoms with Gasteiger partial charge in [0.05, 0.1) is 35.5 Å². The summed E-state index contributed by atoms with van der Waals surface area (Å²) < 4.78 is 20.8. The minimum absolute atomic E-state index is 0.230. The highest BCUT2D eigenvalue weighted by molar-refractivity contribution is 5.95. The van der Waals surface area contributed by atoms with E-state index >= 15 is 0 Å². The van der Waals surface area contributed by atoms with Crippen LogP contribution in [0.1, 0.15) is 68.1 Å². The van der Waals surface area contributed by atoms with Gasteiger partial charge in [-0.25, -0.2) is 19.2 Å². The molecule has 3 aromatic rings. The van der Waals surface area contributed by atoms with E-state index in [2.05, 4.69) is 0 Å². The van der Waals surface area contributed by atoms with E-state index in [9.17, 15) is 19.2 Å². The number of rotatable bonds is 10. The third-order valence-electron chi connectivity index (χ3n) is 4.83. The Kier molecular flexibility index (Phi) is 9.33. The van der Waals surface area contributed by atoms with E-state index in [1.807, 2.05) is 13.8 Å². The molecule has 0 aliphatic rings. The lowest BCUT2D eigenvalue weighted by Crippen LogP contribution is -2.12. The van der Waals surface area contributed by atoms with E-state index in [0.717, 1.165) is 12.8 Å². The first kappa shape index (κ1) is 26.2. The monoisotopic (exact) mass is 490 g/mol.